The van der Waals surface area contributed by atoms with Crippen LogP contribution in [0.3, 0.4) is 0 Å². The van der Waals surface area contributed by atoms with Gasteiger partial charge in [-0.3, -0.25) is 4.79 Å². The van der Waals surface area contributed by atoms with Crippen LogP contribution in [0.4, 0.5) is 0 Å². The van der Waals surface area contributed by atoms with E-state index in [4.69, 9.17) is 0 Å². The van der Waals surface area contributed by atoms with Gasteiger partial charge >= 0.3 is 0 Å². The van der Waals surface area contributed by atoms with Crippen LogP contribution in [-0.2, 0) is 16.6 Å². The summed E-state index contributed by atoms with van der Waals surface area (Å²) in [6, 6.07) is 8.72. The molecule has 23 heavy (non-hydrogen) atoms. The van der Waals surface area contributed by atoms with Crippen LogP contribution in [0.2, 0.25) is 0 Å². The Hall–Kier alpha value is -1.06. The van der Waals surface area contributed by atoms with Crippen LogP contribution in [0, 0.1) is 5.92 Å². The summed E-state index contributed by atoms with van der Waals surface area (Å²) in [4.78, 5) is 14.3. The quantitative estimate of drug-likeness (QED) is 0.892. The van der Waals surface area contributed by atoms with Crippen molar-refractivity contribution < 1.29 is 4.79 Å². The maximum atomic E-state index is 12.3. The molecule has 1 aromatic carbocycles. The van der Waals surface area contributed by atoms with Crippen molar-refractivity contribution in [1.29, 1.82) is 0 Å². The van der Waals surface area contributed by atoms with E-state index in [1.165, 1.54) is 11.1 Å². The van der Waals surface area contributed by atoms with E-state index in [1.807, 2.05) is 11.9 Å². The molecular weight excluding hydrogens is 308 g/mol. The summed E-state index contributed by atoms with van der Waals surface area (Å²) < 4.78 is 0. The average molecular weight is 339 g/mol. The first kappa shape index (κ1) is 20.0. The lowest BCUT2D eigenvalue weighted by molar-refractivity contribution is -0.130. The molecule has 1 heterocycles. The third-order valence-electron chi connectivity index (χ3n) is 4.58. The van der Waals surface area contributed by atoms with E-state index in [1.54, 1.807) is 0 Å². The highest BCUT2D eigenvalue weighted by Crippen LogP contribution is 2.23. The third kappa shape index (κ3) is 5.82. The molecule has 1 amide bonds. The number of halogens is 1. The number of amides is 1. The number of nitrogens with zero attached hydrogens (tertiary/aromatic N) is 1. The SMILES string of the molecule is CNCC1CCN(C(=O)CCc2ccc(C(C)(C)C)cc2)C1.Cl. The number of hydrogen-bond acceptors (Lipinski definition) is 2. The summed E-state index contributed by atoms with van der Waals surface area (Å²) in [5.74, 6) is 0.929. The Morgan fingerprint density at radius 2 is 1.91 bits per heavy atom. The molecule has 1 N–H and O–H groups in total. The van der Waals surface area contributed by atoms with Crippen molar-refractivity contribution in [2.75, 3.05) is 26.7 Å². The fourth-order valence-corrected chi connectivity index (χ4v) is 3.10. The van der Waals surface area contributed by atoms with E-state index in [9.17, 15) is 4.79 Å². The Morgan fingerprint density at radius 1 is 1.26 bits per heavy atom. The van der Waals surface area contributed by atoms with Crippen LogP contribution in [-0.4, -0.2) is 37.5 Å². The number of carbonyl (C=O) groups is 1. The van der Waals surface area contributed by atoms with Crippen molar-refractivity contribution in [1.82, 2.24) is 10.2 Å². The molecule has 1 aliphatic rings. The largest absolute Gasteiger partial charge is 0.342 e. The second kappa shape index (κ2) is 8.70. The summed E-state index contributed by atoms with van der Waals surface area (Å²) in [6.45, 7) is 9.52. The maximum Gasteiger partial charge on any atom is 0.222 e. The smallest absolute Gasteiger partial charge is 0.222 e. The molecule has 0 radical (unpaired) electrons. The molecule has 4 heteroatoms. The number of rotatable bonds is 5. The zero-order chi connectivity index (χ0) is 16.2. The van der Waals surface area contributed by atoms with Gasteiger partial charge in [-0.05, 0) is 48.9 Å². The van der Waals surface area contributed by atoms with Crippen molar-refractivity contribution in [2.45, 2.75) is 45.4 Å². The monoisotopic (exact) mass is 338 g/mol. The standard InChI is InChI=1S/C19H30N2O.ClH/c1-19(2,3)17-8-5-15(6-9-17)7-10-18(22)21-12-11-16(14-21)13-20-4;/h5-6,8-9,16,20H,7,10-14H2,1-4H3;1H. The number of benzene rings is 1. The Labute approximate surface area is 147 Å². The summed E-state index contributed by atoms with van der Waals surface area (Å²) in [6.07, 6.45) is 2.60. The molecular formula is C19H31ClN2O. The molecule has 0 bridgehead atoms. The number of likely N-dealkylation sites (tertiary alicyclic amines) is 1. The molecule has 0 saturated carbocycles. The van der Waals surface area contributed by atoms with Gasteiger partial charge in [0.25, 0.3) is 0 Å². The molecule has 3 nitrogen and oxygen atoms in total. The lowest BCUT2D eigenvalue weighted by Gasteiger charge is -2.19. The summed E-state index contributed by atoms with van der Waals surface area (Å²) in [7, 11) is 1.98. The molecule has 0 spiro atoms. The molecule has 0 aliphatic carbocycles. The van der Waals surface area contributed by atoms with E-state index in [-0.39, 0.29) is 17.8 Å². The molecule has 130 valence electrons. The third-order valence-corrected chi connectivity index (χ3v) is 4.58. The van der Waals surface area contributed by atoms with Crippen LogP contribution in [0.1, 0.15) is 44.7 Å². The van der Waals surface area contributed by atoms with Crippen LogP contribution >= 0.6 is 12.4 Å². The van der Waals surface area contributed by atoms with Crippen LogP contribution in [0.5, 0.6) is 0 Å². The van der Waals surface area contributed by atoms with E-state index in [0.717, 1.165) is 32.5 Å². The number of aryl methyl sites for hydroxylation is 1. The Morgan fingerprint density at radius 3 is 2.48 bits per heavy atom. The van der Waals surface area contributed by atoms with Gasteiger partial charge in [0.15, 0.2) is 0 Å². The van der Waals surface area contributed by atoms with Gasteiger partial charge in [-0.2, -0.15) is 0 Å². The van der Waals surface area contributed by atoms with Gasteiger partial charge in [-0.15, -0.1) is 12.4 Å². The van der Waals surface area contributed by atoms with E-state index < -0.39 is 0 Å². The predicted molar refractivity (Wildman–Crippen MR) is 99.3 cm³/mol. The van der Waals surface area contributed by atoms with Gasteiger partial charge in [0.2, 0.25) is 5.91 Å². The Bertz CT molecular complexity index is 493. The molecule has 1 aromatic rings. The Balaban J connectivity index is 0.00000264. The van der Waals surface area contributed by atoms with Crippen molar-refractivity contribution in [2.24, 2.45) is 5.92 Å². The molecule has 1 aliphatic heterocycles. The predicted octanol–water partition coefficient (Wildman–Crippen LogP) is 3.41. The molecule has 2 rings (SSSR count). The van der Waals surface area contributed by atoms with E-state index >= 15 is 0 Å². The number of hydrogen-bond donors (Lipinski definition) is 1. The van der Waals surface area contributed by atoms with Gasteiger partial charge in [-0.1, -0.05) is 45.0 Å². The summed E-state index contributed by atoms with van der Waals surface area (Å²) in [5, 5.41) is 3.21. The minimum absolute atomic E-state index is 0. The normalized spacial score (nSPS) is 17.9. The van der Waals surface area contributed by atoms with E-state index in [2.05, 4.69) is 50.4 Å². The zero-order valence-corrected chi connectivity index (χ0v) is 15.7. The van der Waals surface area contributed by atoms with Crippen molar-refractivity contribution in [3.05, 3.63) is 35.4 Å². The molecule has 1 saturated heterocycles. The number of nitrogens with one attached hydrogen (secondary N) is 1. The van der Waals surface area contributed by atoms with Gasteiger partial charge in [0, 0.05) is 19.5 Å². The van der Waals surface area contributed by atoms with Crippen LogP contribution in [0.25, 0.3) is 0 Å². The second-order valence-electron chi connectivity index (χ2n) is 7.50. The fourth-order valence-electron chi connectivity index (χ4n) is 3.10. The van der Waals surface area contributed by atoms with Gasteiger partial charge in [-0.25, -0.2) is 0 Å². The lowest BCUT2D eigenvalue weighted by Crippen LogP contribution is -2.30. The second-order valence-corrected chi connectivity index (χ2v) is 7.50. The van der Waals surface area contributed by atoms with Crippen molar-refractivity contribution in [3.63, 3.8) is 0 Å². The highest BCUT2D eigenvalue weighted by Gasteiger charge is 2.25. The fraction of sp³-hybridized carbons (Fsp3) is 0.632. The van der Waals surface area contributed by atoms with Crippen molar-refractivity contribution >= 4 is 18.3 Å². The van der Waals surface area contributed by atoms with Crippen LogP contribution < -0.4 is 5.32 Å². The highest BCUT2D eigenvalue weighted by atomic mass is 35.5. The lowest BCUT2D eigenvalue weighted by atomic mass is 9.86. The van der Waals surface area contributed by atoms with Crippen molar-refractivity contribution in [3.8, 4) is 0 Å². The zero-order valence-electron chi connectivity index (χ0n) is 14.9. The summed E-state index contributed by atoms with van der Waals surface area (Å²) in [5.41, 5.74) is 2.79. The van der Waals surface area contributed by atoms with Gasteiger partial charge in [0.1, 0.15) is 0 Å². The Kier molecular flexibility index (Phi) is 7.56. The molecule has 0 aromatic heterocycles. The first-order chi connectivity index (χ1) is 10.4. The topological polar surface area (TPSA) is 32.3 Å². The van der Waals surface area contributed by atoms with Gasteiger partial charge < -0.3 is 10.2 Å². The first-order valence-corrected chi connectivity index (χ1v) is 8.42. The maximum absolute atomic E-state index is 12.3. The van der Waals surface area contributed by atoms with Crippen LogP contribution in [0.15, 0.2) is 24.3 Å². The molecule has 1 unspecified atom stereocenters. The minimum atomic E-state index is 0. The first-order valence-electron chi connectivity index (χ1n) is 8.42. The minimum Gasteiger partial charge on any atom is -0.342 e. The average Bonchev–Trinajstić information content (AvgIpc) is 2.93. The van der Waals surface area contributed by atoms with Gasteiger partial charge in [0.05, 0.1) is 0 Å². The molecule has 1 atom stereocenters. The van der Waals surface area contributed by atoms with E-state index in [0.29, 0.717) is 18.2 Å². The highest BCUT2D eigenvalue weighted by molar-refractivity contribution is 5.85. The summed E-state index contributed by atoms with van der Waals surface area (Å²) >= 11 is 0. The molecule has 1 fully saturated rings. The number of carbonyl (C=O) groups excluding carboxylic acids is 1.